The van der Waals surface area contributed by atoms with Crippen molar-refractivity contribution in [2.45, 2.75) is 59.0 Å². The van der Waals surface area contributed by atoms with Crippen molar-refractivity contribution in [2.75, 3.05) is 0 Å². The zero-order valence-corrected chi connectivity index (χ0v) is 12.1. The van der Waals surface area contributed by atoms with Crippen LogP contribution < -0.4 is 5.32 Å². The van der Waals surface area contributed by atoms with E-state index < -0.39 is 0 Å². The molecule has 96 valence electrons. The maximum atomic E-state index is 3.79. The second-order valence-corrected chi connectivity index (χ2v) is 6.48. The lowest BCUT2D eigenvalue weighted by Gasteiger charge is -2.34. The summed E-state index contributed by atoms with van der Waals surface area (Å²) in [5, 5.41) is 6.01. The molecule has 1 N–H and O–H groups in total. The molecule has 1 aromatic heterocycles. The highest BCUT2D eigenvalue weighted by molar-refractivity contribution is 7.10. The lowest BCUT2D eigenvalue weighted by atomic mass is 9.78. The Morgan fingerprint density at radius 3 is 2.94 bits per heavy atom. The molecule has 0 amide bonds. The number of thiophene rings is 1. The van der Waals surface area contributed by atoms with E-state index in [0.717, 1.165) is 30.8 Å². The third-order valence-electron chi connectivity index (χ3n) is 4.45. The Morgan fingerprint density at radius 2 is 2.18 bits per heavy atom. The van der Waals surface area contributed by atoms with Gasteiger partial charge in [-0.15, -0.1) is 11.3 Å². The van der Waals surface area contributed by atoms with Crippen LogP contribution in [0.3, 0.4) is 0 Å². The van der Waals surface area contributed by atoms with E-state index >= 15 is 0 Å². The molecule has 1 fully saturated rings. The molecule has 0 spiro atoms. The lowest BCUT2D eigenvalue weighted by Crippen LogP contribution is -2.40. The molecule has 1 saturated carbocycles. The van der Waals surface area contributed by atoms with Gasteiger partial charge in [-0.05, 0) is 41.7 Å². The molecule has 0 aromatic carbocycles. The third-order valence-corrected chi connectivity index (χ3v) is 5.41. The summed E-state index contributed by atoms with van der Waals surface area (Å²) < 4.78 is 0. The minimum Gasteiger partial charge on any atom is -0.309 e. The molecule has 1 heterocycles. The molecule has 1 aliphatic carbocycles. The van der Waals surface area contributed by atoms with Crippen LogP contribution in [0.1, 0.15) is 50.5 Å². The second kappa shape index (κ2) is 6.01. The van der Waals surface area contributed by atoms with E-state index in [2.05, 4.69) is 37.5 Å². The topological polar surface area (TPSA) is 12.0 Å². The predicted molar refractivity (Wildman–Crippen MR) is 76.5 cm³/mol. The van der Waals surface area contributed by atoms with Crippen molar-refractivity contribution in [3.05, 3.63) is 21.9 Å². The van der Waals surface area contributed by atoms with Crippen molar-refractivity contribution in [1.82, 2.24) is 5.32 Å². The normalized spacial score (nSPS) is 29.5. The average molecular weight is 251 g/mol. The molecule has 0 aliphatic heterocycles. The monoisotopic (exact) mass is 251 g/mol. The highest BCUT2D eigenvalue weighted by Gasteiger charge is 2.26. The maximum absolute atomic E-state index is 3.79. The number of rotatable bonds is 4. The van der Waals surface area contributed by atoms with Gasteiger partial charge in [0.25, 0.3) is 0 Å². The van der Waals surface area contributed by atoms with Gasteiger partial charge in [-0.3, -0.25) is 0 Å². The second-order valence-electron chi connectivity index (χ2n) is 5.48. The molecule has 2 heteroatoms. The average Bonchev–Trinajstić information content (AvgIpc) is 2.78. The number of aryl methyl sites for hydroxylation is 1. The fraction of sp³-hybridized carbons (Fsp3) is 0.733. The summed E-state index contributed by atoms with van der Waals surface area (Å²) in [6.07, 6.45) is 5.34. The van der Waals surface area contributed by atoms with Crippen LogP contribution in [0, 0.1) is 11.8 Å². The Balaban J connectivity index is 1.89. The predicted octanol–water partition coefficient (Wildman–Crippen LogP) is 4.22. The maximum Gasteiger partial charge on any atom is 0.0305 e. The van der Waals surface area contributed by atoms with E-state index in [-0.39, 0.29) is 0 Å². The quantitative estimate of drug-likeness (QED) is 0.844. The Bertz CT molecular complexity index is 344. The molecule has 1 nitrogen and oxygen atoms in total. The summed E-state index contributed by atoms with van der Waals surface area (Å²) in [5.74, 6) is 1.71. The molecule has 1 aromatic rings. The van der Waals surface area contributed by atoms with E-state index in [1.807, 2.05) is 11.3 Å². The molecule has 3 atom stereocenters. The first-order chi connectivity index (χ1) is 8.22. The van der Waals surface area contributed by atoms with E-state index in [0.29, 0.717) is 0 Å². The van der Waals surface area contributed by atoms with Gasteiger partial charge in [0.1, 0.15) is 0 Å². The van der Waals surface area contributed by atoms with Crippen LogP contribution in [0.2, 0.25) is 0 Å². The van der Waals surface area contributed by atoms with E-state index in [9.17, 15) is 0 Å². The van der Waals surface area contributed by atoms with Gasteiger partial charge in [-0.2, -0.15) is 0 Å². The highest BCUT2D eigenvalue weighted by Crippen LogP contribution is 2.30. The Kier molecular flexibility index (Phi) is 4.63. The van der Waals surface area contributed by atoms with Gasteiger partial charge in [-0.1, -0.05) is 33.6 Å². The molecule has 1 aliphatic rings. The van der Waals surface area contributed by atoms with Crippen LogP contribution in [0.25, 0.3) is 0 Å². The minimum atomic E-state index is 0.727. The first-order valence-corrected chi connectivity index (χ1v) is 7.89. The molecule has 0 radical (unpaired) electrons. The van der Waals surface area contributed by atoms with Gasteiger partial charge in [0.2, 0.25) is 0 Å². The molecular formula is C15H25NS. The van der Waals surface area contributed by atoms with Crippen molar-refractivity contribution in [3.8, 4) is 0 Å². The summed E-state index contributed by atoms with van der Waals surface area (Å²) in [4.78, 5) is 1.54. The summed E-state index contributed by atoms with van der Waals surface area (Å²) in [7, 11) is 0. The summed E-state index contributed by atoms with van der Waals surface area (Å²) in [6, 6.07) is 3.00. The Morgan fingerprint density at radius 1 is 1.35 bits per heavy atom. The van der Waals surface area contributed by atoms with Crippen LogP contribution in [0.4, 0.5) is 0 Å². The van der Waals surface area contributed by atoms with E-state index in [1.54, 1.807) is 0 Å². The zero-order valence-electron chi connectivity index (χ0n) is 11.3. The smallest absolute Gasteiger partial charge is 0.0305 e. The fourth-order valence-corrected chi connectivity index (χ4v) is 3.86. The SMILES string of the molecule is CCc1ccsc1CNC1CCCC(C)C1C. The van der Waals surface area contributed by atoms with Crippen molar-refractivity contribution in [2.24, 2.45) is 11.8 Å². The standard InChI is InChI=1S/C15H25NS/c1-4-13-8-9-17-15(13)10-16-14-7-5-6-11(2)12(14)3/h8-9,11-12,14,16H,4-7,10H2,1-3H3. The molecule has 3 unspecified atom stereocenters. The first kappa shape index (κ1) is 13.1. The van der Waals surface area contributed by atoms with Crippen LogP contribution in [0.5, 0.6) is 0 Å². The minimum absolute atomic E-state index is 0.727. The van der Waals surface area contributed by atoms with Gasteiger partial charge in [0.15, 0.2) is 0 Å². The first-order valence-electron chi connectivity index (χ1n) is 7.01. The Labute approximate surface area is 110 Å². The third kappa shape index (κ3) is 3.11. The molecule has 2 rings (SSSR count). The summed E-state index contributed by atoms with van der Waals surface area (Å²) in [5.41, 5.74) is 1.53. The van der Waals surface area contributed by atoms with Crippen LogP contribution >= 0.6 is 11.3 Å². The number of nitrogens with one attached hydrogen (secondary N) is 1. The molecule has 0 bridgehead atoms. The van der Waals surface area contributed by atoms with Gasteiger partial charge >= 0.3 is 0 Å². The van der Waals surface area contributed by atoms with E-state index in [4.69, 9.17) is 0 Å². The number of hydrogen-bond acceptors (Lipinski definition) is 2. The number of hydrogen-bond donors (Lipinski definition) is 1. The molecular weight excluding hydrogens is 226 g/mol. The summed E-state index contributed by atoms with van der Waals surface area (Å²) >= 11 is 1.90. The molecule has 17 heavy (non-hydrogen) atoms. The van der Waals surface area contributed by atoms with Gasteiger partial charge in [0.05, 0.1) is 0 Å². The fourth-order valence-electron chi connectivity index (χ4n) is 2.93. The van der Waals surface area contributed by atoms with Gasteiger partial charge in [0, 0.05) is 17.5 Å². The van der Waals surface area contributed by atoms with Crippen molar-refractivity contribution in [1.29, 1.82) is 0 Å². The lowest BCUT2D eigenvalue weighted by molar-refractivity contribution is 0.206. The largest absolute Gasteiger partial charge is 0.309 e. The van der Waals surface area contributed by atoms with Gasteiger partial charge < -0.3 is 5.32 Å². The Hall–Kier alpha value is -0.340. The molecule has 0 saturated heterocycles. The highest BCUT2D eigenvalue weighted by atomic mass is 32.1. The van der Waals surface area contributed by atoms with Crippen molar-refractivity contribution >= 4 is 11.3 Å². The van der Waals surface area contributed by atoms with Crippen LogP contribution in [-0.4, -0.2) is 6.04 Å². The zero-order chi connectivity index (χ0) is 12.3. The van der Waals surface area contributed by atoms with Crippen molar-refractivity contribution in [3.63, 3.8) is 0 Å². The van der Waals surface area contributed by atoms with Crippen LogP contribution in [0.15, 0.2) is 11.4 Å². The summed E-state index contributed by atoms with van der Waals surface area (Å²) in [6.45, 7) is 8.14. The van der Waals surface area contributed by atoms with Crippen LogP contribution in [-0.2, 0) is 13.0 Å². The van der Waals surface area contributed by atoms with E-state index in [1.165, 1.54) is 29.7 Å². The van der Waals surface area contributed by atoms with Crippen molar-refractivity contribution < 1.29 is 0 Å². The van der Waals surface area contributed by atoms with Gasteiger partial charge in [-0.25, -0.2) is 0 Å².